The first-order valence-corrected chi connectivity index (χ1v) is 13.2. The second-order valence-corrected chi connectivity index (χ2v) is 12.1. The van der Waals surface area contributed by atoms with Crippen LogP contribution in [0.4, 0.5) is 0 Å². The summed E-state index contributed by atoms with van der Waals surface area (Å²) in [6.07, 6.45) is -0.336. The SMILES string of the molecule is O=P([O-])([O-])C(O)(CCn1c2c(c3ccccc31)CCSc1ccccc1-2)P(=O)([O-])[O-].[Na+].[Na+].[Na+].[Na+]. The number of nitrogens with zero attached hydrogens (tertiary/aromatic N) is 1. The zero-order chi connectivity index (χ0) is 21.7. The van der Waals surface area contributed by atoms with Gasteiger partial charge in [0.25, 0.3) is 0 Å². The minimum atomic E-state index is -6.14. The van der Waals surface area contributed by atoms with E-state index in [1.807, 2.05) is 36.4 Å². The Morgan fingerprint density at radius 3 is 2.09 bits per heavy atom. The molecule has 0 radical (unpaired) electrons. The van der Waals surface area contributed by atoms with Gasteiger partial charge in [0.2, 0.25) is 0 Å². The van der Waals surface area contributed by atoms with Gasteiger partial charge >= 0.3 is 118 Å². The van der Waals surface area contributed by atoms with Gasteiger partial charge in [0, 0.05) is 40.1 Å². The summed E-state index contributed by atoms with van der Waals surface area (Å²) in [5.41, 5.74) is 3.35. The molecule has 160 valence electrons. The molecule has 0 saturated carbocycles. The van der Waals surface area contributed by atoms with Crippen molar-refractivity contribution in [2.45, 2.75) is 29.4 Å². The summed E-state index contributed by atoms with van der Waals surface area (Å²) < 4.78 is 24.7. The molecule has 34 heavy (non-hydrogen) atoms. The summed E-state index contributed by atoms with van der Waals surface area (Å²) in [5.74, 6) is 0.814. The molecule has 8 nitrogen and oxygen atoms in total. The van der Waals surface area contributed by atoms with Crippen molar-refractivity contribution in [2.24, 2.45) is 0 Å². The number of para-hydroxylation sites is 1. The molecule has 3 aromatic rings. The van der Waals surface area contributed by atoms with Crippen molar-refractivity contribution < 1.29 is 152 Å². The Hall–Kier alpha value is 2.59. The summed E-state index contributed by atoms with van der Waals surface area (Å²) in [5, 5.41) is 7.14. The molecule has 15 heteroatoms. The van der Waals surface area contributed by atoms with Gasteiger partial charge in [0.1, 0.15) is 5.08 Å². The standard InChI is InChI=1S/C19H21NO7P2S.4Na/c21-19(28(22,23)24,29(25,26)27)10-11-20-16-7-3-1-5-13(16)14-9-12-30-17-8-4-2-6-15(17)18(14)20;;;;/h1-8,21H,9-12H2,(H2,22,23,24)(H2,25,26,27);;;;/q;4*+1/p-4. The van der Waals surface area contributed by atoms with E-state index in [9.17, 15) is 33.8 Å². The summed E-state index contributed by atoms with van der Waals surface area (Å²) in [6, 6.07) is 15.0. The van der Waals surface area contributed by atoms with Crippen LogP contribution >= 0.6 is 27.0 Å². The van der Waals surface area contributed by atoms with Crippen molar-refractivity contribution in [3.05, 3.63) is 54.1 Å². The maximum absolute atomic E-state index is 11.5. The molecular formula is C19H17NNa4O7P2S. The van der Waals surface area contributed by atoms with Crippen molar-refractivity contribution in [1.29, 1.82) is 0 Å². The van der Waals surface area contributed by atoms with E-state index >= 15 is 0 Å². The van der Waals surface area contributed by atoms with Gasteiger partial charge < -0.3 is 38.4 Å². The van der Waals surface area contributed by atoms with Gasteiger partial charge in [-0.1, -0.05) is 36.4 Å². The number of aromatic nitrogens is 1. The monoisotopic (exact) mass is 557 g/mol. The Kier molecular flexibility index (Phi) is 15.4. The van der Waals surface area contributed by atoms with Crippen LogP contribution < -0.4 is 138 Å². The van der Waals surface area contributed by atoms with Gasteiger partial charge in [0.05, 0.1) is 5.69 Å². The smallest absolute Gasteiger partial charge is 0.808 e. The molecular weight excluding hydrogens is 540 g/mol. The van der Waals surface area contributed by atoms with Gasteiger partial charge in [-0.15, -0.1) is 11.8 Å². The van der Waals surface area contributed by atoms with Crippen LogP contribution in [0, 0.1) is 0 Å². The Balaban J connectivity index is 0.00000272. The number of fused-ring (bicyclic) bond motifs is 5. The Labute approximate surface area is 290 Å². The molecule has 1 aliphatic heterocycles. The van der Waals surface area contributed by atoms with Gasteiger partial charge in [-0.05, 0) is 39.3 Å². The molecule has 0 unspecified atom stereocenters. The largest absolute Gasteiger partial charge is 1.00 e. The predicted octanol–water partition coefficient (Wildman–Crippen LogP) is -11.2. The summed E-state index contributed by atoms with van der Waals surface area (Å²) in [7, 11) is -12.3. The number of hydrogen-bond donors (Lipinski definition) is 1. The average molecular weight is 557 g/mol. The van der Waals surface area contributed by atoms with Gasteiger partial charge in [-0.25, -0.2) is 0 Å². The fourth-order valence-electron chi connectivity index (χ4n) is 3.91. The normalized spacial score (nSPS) is 13.2. The van der Waals surface area contributed by atoms with Crippen LogP contribution in [0.5, 0.6) is 0 Å². The summed E-state index contributed by atoms with van der Waals surface area (Å²) in [6.45, 7) is -0.339. The van der Waals surface area contributed by atoms with Crippen molar-refractivity contribution in [3.8, 4) is 11.3 Å². The summed E-state index contributed by atoms with van der Waals surface area (Å²) in [4.78, 5) is 47.0. The van der Waals surface area contributed by atoms with Crippen molar-refractivity contribution >= 4 is 37.9 Å². The Morgan fingerprint density at radius 2 is 1.47 bits per heavy atom. The van der Waals surface area contributed by atoms with Crippen LogP contribution in [0.15, 0.2) is 53.4 Å². The molecule has 0 spiro atoms. The van der Waals surface area contributed by atoms with E-state index in [2.05, 4.69) is 0 Å². The van der Waals surface area contributed by atoms with E-state index < -0.39 is 26.7 Å². The Bertz CT molecular complexity index is 1210. The number of benzene rings is 2. The van der Waals surface area contributed by atoms with Crippen LogP contribution in [0.3, 0.4) is 0 Å². The fourth-order valence-corrected chi connectivity index (χ4v) is 6.87. The second-order valence-electron chi connectivity index (χ2n) is 7.11. The van der Waals surface area contributed by atoms with Crippen LogP contribution in [0.1, 0.15) is 12.0 Å². The minimum absolute atomic E-state index is 0. The predicted molar refractivity (Wildman–Crippen MR) is 107 cm³/mol. The number of hydrogen-bond acceptors (Lipinski definition) is 8. The van der Waals surface area contributed by atoms with Crippen molar-refractivity contribution in [1.82, 2.24) is 4.57 Å². The van der Waals surface area contributed by atoms with E-state index in [1.165, 1.54) is 0 Å². The summed E-state index contributed by atoms with van der Waals surface area (Å²) >= 11 is 1.67. The van der Waals surface area contributed by atoms with E-state index in [-0.39, 0.29) is 125 Å². The van der Waals surface area contributed by atoms with Crippen LogP contribution in [-0.2, 0) is 22.1 Å². The average Bonchev–Trinajstić information content (AvgIpc) is 2.85. The zero-order valence-electron chi connectivity index (χ0n) is 19.6. The maximum atomic E-state index is 11.5. The quantitative estimate of drug-likeness (QED) is 0.240. The van der Waals surface area contributed by atoms with E-state index in [0.717, 1.165) is 39.3 Å². The number of aliphatic hydroxyl groups is 1. The van der Waals surface area contributed by atoms with Crippen LogP contribution in [0.25, 0.3) is 22.2 Å². The molecule has 0 aliphatic carbocycles. The molecule has 1 aromatic heterocycles. The fraction of sp³-hybridized carbons (Fsp3) is 0.263. The van der Waals surface area contributed by atoms with Crippen LogP contribution in [0.2, 0.25) is 0 Å². The van der Waals surface area contributed by atoms with E-state index in [4.69, 9.17) is 0 Å². The van der Waals surface area contributed by atoms with Crippen LogP contribution in [-0.4, -0.2) is 20.5 Å². The first-order chi connectivity index (χ1) is 14.0. The molecule has 1 aliphatic rings. The number of thioether (sulfide) groups is 1. The number of rotatable bonds is 5. The molecule has 2 heterocycles. The molecule has 0 atom stereocenters. The third-order valence-corrected chi connectivity index (χ3v) is 10.1. The van der Waals surface area contributed by atoms with Crippen molar-refractivity contribution in [3.63, 3.8) is 0 Å². The molecule has 0 amide bonds. The third-order valence-electron chi connectivity index (χ3n) is 5.38. The minimum Gasteiger partial charge on any atom is -0.808 e. The third kappa shape index (κ3) is 7.01. The van der Waals surface area contributed by atoms with Gasteiger partial charge in [0.15, 0.2) is 0 Å². The molecule has 0 fully saturated rings. The molecule has 2 aromatic carbocycles. The number of aryl methyl sites for hydroxylation is 2. The van der Waals surface area contributed by atoms with E-state index in [0.29, 0.717) is 5.52 Å². The van der Waals surface area contributed by atoms with Gasteiger partial charge in [-0.2, -0.15) is 0 Å². The molecule has 0 bridgehead atoms. The zero-order valence-corrected chi connectivity index (χ0v) is 30.2. The first-order valence-electron chi connectivity index (χ1n) is 9.13. The van der Waals surface area contributed by atoms with E-state index in [1.54, 1.807) is 28.5 Å². The second kappa shape index (κ2) is 14.3. The van der Waals surface area contributed by atoms with Gasteiger partial charge in [-0.3, -0.25) is 0 Å². The topological polar surface area (TPSA) is 152 Å². The molecule has 4 rings (SSSR count). The first kappa shape index (κ1) is 36.6. The van der Waals surface area contributed by atoms with Crippen molar-refractivity contribution in [2.75, 3.05) is 5.75 Å². The Morgan fingerprint density at radius 1 is 0.912 bits per heavy atom. The maximum Gasteiger partial charge on any atom is 1.00 e. The molecule has 0 saturated heterocycles. The molecule has 1 N–H and O–H groups in total.